The average Bonchev–Trinajstić information content (AvgIpc) is 3.42. The van der Waals surface area contributed by atoms with Crippen molar-refractivity contribution >= 4 is 46.1 Å². The van der Waals surface area contributed by atoms with Gasteiger partial charge < -0.3 is 14.6 Å². The lowest BCUT2D eigenvalue weighted by Crippen LogP contribution is -2.29. The highest BCUT2D eigenvalue weighted by Gasteiger charge is 2.47. The van der Waals surface area contributed by atoms with Gasteiger partial charge in [0, 0.05) is 16.1 Å². The molecule has 8 heteroatoms. The smallest absolute Gasteiger partial charge is 0.300 e. The molecule has 164 valence electrons. The van der Waals surface area contributed by atoms with Crippen molar-refractivity contribution in [3.63, 3.8) is 0 Å². The fraction of sp³-hybridized carbons (Fsp3) is 0.167. The van der Waals surface area contributed by atoms with Gasteiger partial charge in [0.25, 0.3) is 11.7 Å². The monoisotopic (exact) mass is 469 g/mol. The maximum Gasteiger partial charge on any atom is 0.300 e. The molecule has 6 nitrogen and oxygen atoms in total. The Bertz CT molecular complexity index is 1190. The molecule has 1 amide bonds. The average molecular weight is 470 g/mol. The number of hydrogen-bond donors (Lipinski definition) is 1. The maximum absolute atomic E-state index is 13.1. The first-order chi connectivity index (χ1) is 15.5. The molecule has 1 fully saturated rings. The van der Waals surface area contributed by atoms with Gasteiger partial charge in [0.15, 0.2) is 0 Å². The Kier molecular flexibility index (Phi) is 6.21. The van der Waals surface area contributed by atoms with Gasteiger partial charge >= 0.3 is 0 Å². The fourth-order valence-corrected chi connectivity index (χ4v) is 4.67. The van der Waals surface area contributed by atoms with Gasteiger partial charge in [-0.3, -0.25) is 14.5 Å². The molecule has 1 N–H and O–H groups in total. The zero-order valence-corrected chi connectivity index (χ0v) is 18.9. The van der Waals surface area contributed by atoms with Crippen LogP contribution in [0.4, 0.5) is 5.69 Å². The van der Waals surface area contributed by atoms with Crippen molar-refractivity contribution < 1.29 is 24.2 Å². The number of ketones is 1. The number of carbonyl (C=O) groups excluding carboxylic acids is 2. The Morgan fingerprint density at radius 1 is 1.16 bits per heavy atom. The normalized spacial score (nSPS) is 17.6. The van der Waals surface area contributed by atoms with Gasteiger partial charge in [0.1, 0.15) is 23.3 Å². The number of thiophene rings is 1. The predicted molar refractivity (Wildman–Crippen MR) is 125 cm³/mol. The number of Topliss-reactive ketones (excluding diaryl/α,β-unsaturated/α-hetero) is 1. The van der Waals surface area contributed by atoms with E-state index < -0.39 is 17.7 Å². The van der Waals surface area contributed by atoms with E-state index in [0.29, 0.717) is 34.4 Å². The van der Waals surface area contributed by atoms with Crippen molar-refractivity contribution in [1.29, 1.82) is 0 Å². The van der Waals surface area contributed by atoms with Crippen LogP contribution in [0.2, 0.25) is 5.02 Å². The molecule has 0 spiro atoms. The van der Waals surface area contributed by atoms with E-state index in [1.807, 2.05) is 24.4 Å². The number of hydrogen-bond acceptors (Lipinski definition) is 6. The van der Waals surface area contributed by atoms with Crippen LogP contribution in [-0.4, -0.2) is 30.5 Å². The Hall–Kier alpha value is -3.29. The number of amides is 1. The summed E-state index contributed by atoms with van der Waals surface area (Å²) < 4.78 is 10.7. The molecule has 0 saturated carbocycles. The van der Waals surface area contributed by atoms with E-state index in [2.05, 4.69) is 0 Å². The van der Waals surface area contributed by atoms with Crippen LogP contribution in [-0.2, 0) is 9.59 Å². The summed E-state index contributed by atoms with van der Waals surface area (Å²) >= 11 is 7.50. The summed E-state index contributed by atoms with van der Waals surface area (Å²) in [6.45, 7) is 2.40. The number of ether oxygens (including phenoxy) is 2. The molecule has 1 unspecified atom stereocenters. The van der Waals surface area contributed by atoms with E-state index in [0.717, 1.165) is 4.88 Å². The van der Waals surface area contributed by atoms with E-state index in [-0.39, 0.29) is 11.3 Å². The lowest BCUT2D eigenvalue weighted by Gasteiger charge is -2.24. The number of rotatable bonds is 6. The van der Waals surface area contributed by atoms with Crippen LogP contribution in [0, 0.1) is 0 Å². The van der Waals surface area contributed by atoms with E-state index in [9.17, 15) is 14.7 Å². The first-order valence-corrected chi connectivity index (χ1v) is 11.1. The van der Waals surface area contributed by atoms with Gasteiger partial charge in [0.2, 0.25) is 0 Å². The largest absolute Gasteiger partial charge is 0.507 e. The minimum atomic E-state index is -0.769. The first-order valence-electron chi connectivity index (χ1n) is 9.87. The minimum Gasteiger partial charge on any atom is -0.507 e. The van der Waals surface area contributed by atoms with Crippen molar-refractivity contribution in [2.24, 2.45) is 0 Å². The molecule has 4 rings (SSSR count). The SMILES string of the molecule is CCOc1ccc(N2C(=O)C(=O)/C(=C(\O)c3ccc(Cl)c(OC)c3)C2c2cccs2)cc1. The number of methoxy groups -OCH3 is 1. The molecule has 1 atom stereocenters. The van der Waals surface area contributed by atoms with Gasteiger partial charge in [-0.15, -0.1) is 11.3 Å². The number of nitrogens with zero attached hydrogens (tertiary/aromatic N) is 1. The molecule has 1 aromatic heterocycles. The molecule has 1 aliphatic rings. The summed E-state index contributed by atoms with van der Waals surface area (Å²) in [6, 6.07) is 14.5. The highest BCUT2D eigenvalue weighted by atomic mass is 35.5. The fourth-order valence-electron chi connectivity index (χ4n) is 3.65. The summed E-state index contributed by atoms with van der Waals surface area (Å²) in [5.41, 5.74) is 0.870. The Morgan fingerprint density at radius 2 is 1.91 bits per heavy atom. The highest BCUT2D eigenvalue weighted by Crippen LogP contribution is 2.44. The molecular weight excluding hydrogens is 450 g/mol. The Morgan fingerprint density at radius 3 is 2.53 bits per heavy atom. The molecule has 2 aromatic carbocycles. The van der Waals surface area contributed by atoms with Crippen molar-refractivity contribution in [2.45, 2.75) is 13.0 Å². The standard InChI is InChI=1S/C24H20ClNO5S/c1-3-31-16-9-7-15(8-10-16)26-21(19-5-4-12-32-19)20(23(28)24(26)29)22(27)14-6-11-17(25)18(13-14)30-2/h4-13,21,27H,3H2,1-2H3/b22-20-. The number of aliphatic hydroxyl groups excluding tert-OH is 1. The summed E-state index contributed by atoms with van der Waals surface area (Å²) in [5.74, 6) is -0.748. The van der Waals surface area contributed by atoms with Crippen LogP contribution >= 0.6 is 22.9 Å². The van der Waals surface area contributed by atoms with Crippen molar-refractivity contribution in [3.8, 4) is 11.5 Å². The number of anilines is 1. The van der Waals surface area contributed by atoms with E-state index >= 15 is 0 Å². The summed E-state index contributed by atoms with van der Waals surface area (Å²) in [5, 5.41) is 13.4. The van der Waals surface area contributed by atoms with Crippen LogP contribution in [0.3, 0.4) is 0 Å². The number of halogens is 1. The second-order valence-electron chi connectivity index (χ2n) is 6.96. The molecule has 1 aliphatic heterocycles. The summed E-state index contributed by atoms with van der Waals surface area (Å²) in [4.78, 5) is 28.4. The quantitative estimate of drug-likeness (QED) is 0.296. The maximum atomic E-state index is 13.1. The van der Waals surface area contributed by atoms with Crippen molar-refractivity contribution in [3.05, 3.63) is 81.0 Å². The van der Waals surface area contributed by atoms with Gasteiger partial charge in [0.05, 0.1) is 24.3 Å². The van der Waals surface area contributed by atoms with E-state index in [1.165, 1.54) is 29.4 Å². The zero-order chi connectivity index (χ0) is 22.8. The third-order valence-corrected chi connectivity index (χ3v) is 6.34. The van der Waals surface area contributed by atoms with Gasteiger partial charge in [-0.25, -0.2) is 0 Å². The first kappa shape index (κ1) is 21.9. The molecule has 3 aromatic rings. The highest BCUT2D eigenvalue weighted by molar-refractivity contribution is 7.10. The third kappa shape index (κ3) is 3.85. The molecular formula is C24H20ClNO5S. The van der Waals surface area contributed by atoms with Crippen LogP contribution in [0.15, 0.2) is 65.6 Å². The van der Waals surface area contributed by atoms with Crippen LogP contribution in [0.1, 0.15) is 23.4 Å². The van der Waals surface area contributed by atoms with Crippen molar-refractivity contribution in [2.75, 3.05) is 18.6 Å². The molecule has 0 radical (unpaired) electrons. The number of aliphatic hydroxyl groups is 1. The lowest BCUT2D eigenvalue weighted by atomic mass is 9.99. The Balaban J connectivity index is 1.86. The summed E-state index contributed by atoms with van der Waals surface area (Å²) in [7, 11) is 1.46. The molecule has 1 saturated heterocycles. The Labute approximate surface area is 194 Å². The molecule has 2 heterocycles. The second kappa shape index (κ2) is 9.06. The number of carbonyl (C=O) groups is 2. The van der Waals surface area contributed by atoms with Crippen molar-refractivity contribution in [1.82, 2.24) is 0 Å². The van der Waals surface area contributed by atoms with Gasteiger partial charge in [-0.1, -0.05) is 17.7 Å². The second-order valence-corrected chi connectivity index (χ2v) is 8.35. The summed E-state index contributed by atoms with van der Waals surface area (Å²) in [6.07, 6.45) is 0. The third-order valence-electron chi connectivity index (χ3n) is 5.11. The predicted octanol–water partition coefficient (Wildman–Crippen LogP) is 5.44. The lowest BCUT2D eigenvalue weighted by molar-refractivity contribution is -0.132. The van der Waals surface area contributed by atoms with E-state index in [4.69, 9.17) is 21.1 Å². The molecule has 32 heavy (non-hydrogen) atoms. The van der Waals surface area contributed by atoms with E-state index in [1.54, 1.807) is 36.4 Å². The molecule has 0 aliphatic carbocycles. The van der Waals surface area contributed by atoms with Crippen LogP contribution < -0.4 is 14.4 Å². The van der Waals surface area contributed by atoms with Gasteiger partial charge in [-0.05, 0) is 60.8 Å². The van der Waals surface area contributed by atoms with Gasteiger partial charge in [-0.2, -0.15) is 0 Å². The van der Waals surface area contributed by atoms with Crippen LogP contribution in [0.5, 0.6) is 11.5 Å². The topological polar surface area (TPSA) is 76.1 Å². The minimum absolute atomic E-state index is 0.00992. The number of benzene rings is 2. The van der Waals surface area contributed by atoms with Crippen LogP contribution in [0.25, 0.3) is 5.76 Å². The molecule has 0 bridgehead atoms. The zero-order valence-electron chi connectivity index (χ0n) is 17.4.